The molecule has 4 aromatic rings. The van der Waals surface area contributed by atoms with Gasteiger partial charge in [-0.1, -0.05) is 65.9 Å². The third-order valence-electron chi connectivity index (χ3n) is 7.49. The van der Waals surface area contributed by atoms with E-state index >= 15 is 0 Å². The van der Waals surface area contributed by atoms with Crippen LogP contribution in [0.4, 0.5) is 5.13 Å². The highest BCUT2D eigenvalue weighted by molar-refractivity contribution is 7.18. The van der Waals surface area contributed by atoms with Gasteiger partial charge in [0.05, 0.1) is 12.8 Å². The van der Waals surface area contributed by atoms with E-state index in [0.717, 1.165) is 53.8 Å². The van der Waals surface area contributed by atoms with Crippen molar-refractivity contribution in [1.29, 1.82) is 0 Å². The number of benzene rings is 2. The summed E-state index contributed by atoms with van der Waals surface area (Å²) in [5, 5.41) is 3.96. The van der Waals surface area contributed by atoms with E-state index < -0.39 is 0 Å². The van der Waals surface area contributed by atoms with Gasteiger partial charge in [0, 0.05) is 49.4 Å². The summed E-state index contributed by atoms with van der Waals surface area (Å²) in [6.45, 7) is 2.85. The Balaban J connectivity index is 1.25. The number of fused-ring (bicyclic) bond motifs is 4. The molecule has 194 valence electrons. The van der Waals surface area contributed by atoms with Gasteiger partial charge in [0.25, 0.3) is 11.5 Å². The highest BCUT2D eigenvalue weighted by Gasteiger charge is 2.36. The van der Waals surface area contributed by atoms with E-state index in [2.05, 4.69) is 16.3 Å². The number of amides is 1. The summed E-state index contributed by atoms with van der Waals surface area (Å²) >= 11 is 1.46. The number of thiazole rings is 1. The van der Waals surface area contributed by atoms with E-state index in [-0.39, 0.29) is 17.4 Å². The first-order valence-corrected chi connectivity index (χ1v) is 13.8. The molecule has 7 nitrogen and oxygen atoms in total. The lowest BCUT2D eigenvalue weighted by Gasteiger charge is -2.42. The number of carbonyl (C=O) groups excluding carboxylic acids is 1. The van der Waals surface area contributed by atoms with Gasteiger partial charge in [0.2, 0.25) is 0 Å². The van der Waals surface area contributed by atoms with Crippen LogP contribution in [-0.2, 0) is 13.0 Å². The molecule has 38 heavy (non-hydrogen) atoms. The molecule has 2 aromatic heterocycles. The molecule has 2 atom stereocenters. The molecule has 2 aromatic carbocycles. The third-order valence-corrected chi connectivity index (χ3v) is 8.61. The maximum atomic E-state index is 13.4. The maximum Gasteiger partial charge on any atom is 0.263 e. The maximum absolute atomic E-state index is 13.4. The Morgan fingerprint density at radius 1 is 1.03 bits per heavy atom. The summed E-state index contributed by atoms with van der Waals surface area (Å²) in [6.07, 6.45) is 1.75. The number of nitrogens with one attached hydrogen (secondary N) is 1. The Hall–Kier alpha value is -3.91. The molecule has 0 radical (unpaired) electrons. The number of para-hydroxylation sites is 1. The summed E-state index contributed by atoms with van der Waals surface area (Å²) in [5.41, 5.74) is 3.89. The van der Waals surface area contributed by atoms with Crippen LogP contribution in [0.1, 0.15) is 33.3 Å². The minimum Gasteiger partial charge on any atom is -0.496 e. The molecule has 1 fully saturated rings. The third kappa shape index (κ3) is 4.72. The molecule has 1 amide bonds. The van der Waals surface area contributed by atoms with Crippen LogP contribution in [0, 0.1) is 5.92 Å². The quantitative estimate of drug-likeness (QED) is 0.382. The average Bonchev–Trinajstić information content (AvgIpc) is 3.40. The van der Waals surface area contributed by atoms with Crippen LogP contribution in [0.25, 0.3) is 11.3 Å². The van der Waals surface area contributed by atoms with Gasteiger partial charge in [-0.05, 0) is 36.5 Å². The Bertz CT molecular complexity index is 1510. The molecule has 0 saturated carbocycles. The van der Waals surface area contributed by atoms with Crippen molar-refractivity contribution >= 4 is 22.4 Å². The molecule has 4 heterocycles. The summed E-state index contributed by atoms with van der Waals surface area (Å²) in [6, 6.07) is 23.4. The summed E-state index contributed by atoms with van der Waals surface area (Å²) in [4.78, 5) is 33.8. The Morgan fingerprint density at radius 3 is 2.68 bits per heavy atom. The zero-order valence-electron chi connectivity index (χ0n) is 21.3. The van der Waals surface area contributed by atoms with Crippen LogP contribution in [0.2, 0.25) is 0 Å². The van der Waals surface area contributed by atoms with E-state index in [4.69, 9.17) is 9.72 Å². The number of carbonyl (C=O) groups is 1. The van der Waals surface area contributed by atoms with E-state index in [1.54, 1.807) is 13.2 Å². The lowest BCUT2D eigenvalue weighted by Crippen LogP contribution is -2.47. The van der Waals surface area contributed by atoms with Gasteiger partial charge < -0.3 is 19.5 Å². The standard InChI is InChI=1S/C30H30N4O3S/c1-37-25-12-6-5-8-21(25)14-15-31-29(36)28-27(22-9-3-2-4-10-22)32-30(38-28)33-17-20-16-23(19-33)24-11-7-13-26(35)34(24)18-20/h2-13,20,23H,14-19H2,1H3,(H,31,36). The molecule has 2 aliphatic rings. The number of methoxy groups -OCH3 is 1. The molecular weight excluding hydrogens is 496 g/mol. The van der Waals surface area contributed by atoms with Crippen molar-refractivity contribution in [2.45, 2.75) is 25.3 Å². The summed E-state index contributed by atoms with van der Waals surface area (Å²) in [5.74, 6) is 1.37. The van der Waals surface area contributed by atoms with Gasteiger partial charge in [-0.3, -0.25) is 9.59 Å². The zero-order valence-corrected chi connectivity index (χ0v) is 22.1. The van der Waals surface area contributed by atoms with Gasteiger partial charge >= 0.3 is 0 Å². The predicted molar refractivity (Wildman–Crippen MR) is 150 cm³/mol. The first-order chi connectivity index (χ1) is 18.6. The lowest BCUT2D eigenvalue weighted by atomic mass is 9.83. The zero-order chi connectivity index (χ0) is 26.1. The van der Waals surface area contributed by atoms with Gasteiger partial charge in [0.15, 0.2) is 5.13 Å². The molecular formula is C30H30N4O3S. The fourth-order valence-electron chi connectivity index (χ4n) is 5.74. The fourth-order valence-corrected chi connectivity index (χ4v) is 6.77. The van der Waals surface area contributed by atoms with Crippen LogP contribution in [0.15, 0.2) is 77.6 Å². The highest BCUT2D eigenvalue weighted by Crippen LogP contribution is 2.40. The molecule has 1 N–H and O–H groups in total. The summed E-state index contributed by atoms with van der Waals surface area (Å²) < 4.78 is 7.39. The number of hydrogen-bond acceptors (Lipinski definition) is 6. The van der Waals surface area contributed by atoms with Crippen molar-refractivity contribution in [2.24, 2.45) is 5.92 Å². The van der Waals surface area contributed by atoms with Crippen LogP contribution in [0.3, 0.4) is 0 Å². The van der Waals surface area contributed by atoms with Crippen LogP contribution in [0.5, 0.6) is 5.75 Å². The number of piperidine rings is 1. The van der Waals surface area contributed by atoms with Crippen molar-refractivity contribution in [3.05, 3.63) is 99.3 Å². The molecule has 0 aliphatic carbocycles. The largest absolute Gasteiger partial charge is 0.496 e. The van der Waals surface area contributed by atoms with Gasteiger partial charge in [-0.2, -0.15) is 0 Å². The van der Waals surface area contributed by atoms with Crippen molar-refractivity contribution < 1.29 is 9.53 Å². The monoisotopic (exact) mass is 526 g/mol. The molecule has 2 bridgehead atoms. The molecule has 2 aliphatic heterocycles. The number of rotatable bonds is 7. The molecule has 2 unspecified atom stereocenters. The summed E-state index contributed by atoms with van der Waals surface area (Å²) in [7, 11) is 1.66. The number of nitrogens with zero attached hydrogens (tertiary/aromatic N) is 3. The van der Waals surface area contributed by atoms with Crippen LogP contribution in [-0.4, -0.2) is 42.2 Å². The molecule has 6 rings (SSSR count). The minimum atomic E-state index is -0.114. The van der Waals surface area contributed by atoms with E-state index in [1.807, 2.05) is 65.2 Å². The smallest absolute Gasteiger partial charge is 0.263 e. The van der Waals surface area contributed by atoms with Gasteiger partial charge in [0.1, 0.15) is 10.6 Å². The topological polar surface area (TPSA) is 76.5 Å². The fraction of sp³-hybridized carbons (Fsp3) is 0.300. The van der Waals surface area contributed by atoms with Gasteiger partial charge in [-0.15, -0.1) is 0 Å². The second-order valence-electron chi connectivity index (χ2n) is 9.96. The van der Waals surface area contributed by atoms with Crippen LogP contribution >= 0.6 is 11.3 Å². The Morgan fingerprint density at radius 2 is 1.84 bits per heavy atom. The number of anilines is 1. The lowest BCUT2D eigenvalue weighted by molar-refractivity contribution is 0.0958. The normalized spacial score (nSPS) is 18.1. The average molecular weight is 527 g/mol. The SMILES string of the molecule is COc1ccccc1CCNC(=O)c1sc(N2CC3CC(C2)c2cccc(=O)n2C3)nc1-c1ccccc1. The van der Waals surface area contributed by atoms with Crippen LogP contribution < -0.4 is 20.5 Å². The Kier molecular flexibility index (Phi) is 6.72. The van der Waals surface area contributed by atoms with Crippen molar-refractivity contribution in [1.82, 2.24) is 14.9 Å². The van der Waals surface area contributed by atoms with E-state index in [1.165, 1.54) is 11.3 Å². The Labute approximate surface area is 225 Å². The van der Waals surface area contributed by atoms with Crippen molar-refractivity contribution in [3.63, 3.8) is 0 Å². The van der Waals surface area contributed by atoms with E-state index in [9.17, 15) is 9.59 Å². The minimum absolute atomic E-state index is 0.0818. The molecule has 0 spiro atoms. The second-order valence-corrected chi connectivity index (χ2v) is 10.9. The number of hydrogen-bond donors (Lipinski definition) is 1. The number of aromatic nitrogens is 2. The number of pyridine rings is 1. The number of ether oxygens (including phenoxy) is 1. The highest BCUT2D eigenvalue weighted by atomic mass is 32.1. The van der Waals surface area contributed by atoms with Crippen molar-refractivity contribution in [2.75, 3.05) is 31.6 Å². The second kappa shape index (κ2) is 10.5. The van der Waals surface area contributed by atoms with Gasteiger partial charge in [-0.25, -0.2) is 4.98 Å². The predicted octanol–water partition coefficient (Wildman–Crippen LogP) is 4.58. The van der Waals surface area contributed by atoms with E-state index in [0.29, 0.717) is 29.5 Å². The first kappa shape index (κ1) is 24.4. The van der Waals surface area contributed by atoms with Crippen molar-refractivity contribution in [3.8, 4) is 17.0 Å². The molecule has 1 saturated heterocycles. The first-order valence-electron chi connectivity index (χ1n) is 13.0. The molecule has 8 heteroatoms.